The van der Waals surface area contributed by atoms with E-state index in [0.29, 0.717) is 19.5 Å². The summed E-state index contributed by atoms with van der Waals surface area (Å²) < 4.78 is 11.0. The Balaban J connectivity index is 1.49. The highest BCUT2D eigenvalue weighted by Crippen LogP contribution is 2.34. The van der Waals surface area contributed by atoms with Gasteiger partial charge in [-0.05, 0) is 55.0 Å². The van der Waals surface area contributed by atoms with Crippen LogP contribution in [-0.2, 0) is 17.9 Å². The molecular formula is C26H29N3O3S. The average Bonchev–Trinajstić information content (AvgIpc) is 3.54. The third-order valence-electron chi connectivity index (χ3n) is 6.31. The van der Waals surface area contributed by atoms with Crippen molar-refractivity contribution in [1.82, 2.24) is 9.88 Å². The molecule has 0 bridgehead atoms. The van der Waals surface area contributed by atoms with E-state index in [1.807, 2.05) is 30.0 Å². The van der Waals surface area contributed by atoms with Gasteiger partial charge in [-0.25, -0.2) is 4.98 Å². The average molecular weight is 464 g/mol. The third-order valence-corrected chi connectivity index (χ3v) is 7.04. The summed E-state index contributed by atoms with van der Waals surface area (Å²) >= 11 is 1.73. The van der Waals surface area contributed by atoms with Crippen LogP contribution in [0, 0.1) is 0 Å². The van der Waals surface area contributed by atoms with Crippen LogP contribution in [0.25, 0.3) is 10.9 Å². The van der Waals surface area contributed by atoms with Crippen molar-refractivity contribution in [2.24, 2.45) is 0 Å². The van der Waals surface area contributed by atoms with Gasteiger partial charge in [0.2, 0.25) is 12.7 Å². The predicted octanol–water partition coefficient (Wildman–Crippen LogP) is 5.22. The molecule has 0 N–H and O–H groups in total. The van der Waals surface area contributed by atoms with Gasteiger partial charge < -0.3 is 19.3 Å². The number of carbonyl (C=O) groups excluding carboxylic acids is 1. The summed E-state index contributed by atoms with van der Waals surface area (Å²) in [5, 5.41) is 1.11. The molecule has 0 aliphatic carbocycles. The van der Waals surface area contributed by atoms with Gasteiger partial charge in [0.25, 0.3) is 0 Å². The molecule has 3 heterocycles. The molecule has 172 valence electrons. The van der Waals surface area contributed by atoms with Crippen LogP contribution in [0.3, 0.4) is 0 Å². The maximum Gasteiger partial charge on any atom is 0.231 e. The van der Waals surface area contributed by atoms with Gasteiger partial charge in [-0.15, -0.1) is 11.8 Å². The van der Waals surface area contributed by atoms with E-state index in [9.17, 15) is 4.79 Å². The monoisotopic (exact) mass is 463 g/mol. The van der Waals surface area contributed by atoms with Gasteiger partial charge in [0.15, 0.2) is 11.5 Å². The van der Waals surface area contributed by atoms with E-state index in [0.717, 1.165) is 52.4 Å². The second-order valence-electron chi connectivity index (χ2n) is 8.51. The number of amides is 1. The molecular weight excluding hydrogens is 434 g/mol. The van der Waals surface area contributed by atoms with Crippen LogP contribution in [-0.4, -0.2) is 41.9 Å². The topological polar surface area (TPSA) is 54.9 Å². The van der Waals surface area contributed by atoms with Crippen molar-refractivity contribution in [1.29, 1.82) is 0 Å². The van der Waals surface area contributed by atoms with Crippen molar-refractivity contribution in [2.45, 2.75) is 44.2 Å². The smallest absolute Gasteiger partial charge is 0.231 e. The molecule has 0 radical (unpaired) electrons. The minimum atomic E-state index is 0.123. The van der Waals surface area contributed by atoms with E-state index in [2.05, 4.69) is 35.4 Å². The zero-order valence-corrected chi connectivity index (χ0v) is 20.0. The fourth-order valence-electron chi connectivity index (χ4n) is 4.55. The first-order chi connectivity index (χ1) is 16.1. The maximum atomic E-state index is 13.0. The van der Waals surface area contributed by atoms with Gasteiger partial charge in [-0.3, -0.25) is 4.79 Å². The Hall–Kier alpha value is -2.93. The number of nitrogens with zero attached hydrogens (tertiary/aromatic N) is 3. The molecule has 1 amide bonds. The third kappa shape index (κ3) is 4.60. The quantitative estimate of drug-likeness (QED) is 0.448. The molecule has 0 spiro atoms. The van der Waals surface area contributed by atoms with E-state index >= 15 is 0 Å². The van der Waals surface area contributed by atoms with E-state index in [4.69, 9.17) is 14.5 Å². The van der Waals surface area contributed by atoms with Crippen molar-refractivity contribution in [3.63, 3.8) is 0 Å². The molecule has 1 saturated heterocycles. The standard InChI is InChI=1S/C26H29N3O3S/c1-3-25(30)29(15-18-6-9-23-24(12-18)32-17-31-23)16-20-13-19-7-8-21(33-2)14-22(19)27-26(20)28-10-4-5-11-28/h6-9,12-14H,3-5,10-11,15-17H2,1-2H3. The molecule has 3 aromatic rings. The Morgan fingerprint density at radius 3 is 2.67 bits per heavy atom. The number of benzene rings is 2. The van der Waals surface area contributed by atoms with Crippen molar-refractivity contribution in [3.8, 4) is 11.5 Å². The van der Waals surface area contributed by atoms with Crippen molar-refractivity contribution in [2.75, 3.05) is 31.0 Å². The van der Waals surface area contributed by atoms with Gasteiger partial charge in [0.05, 0.1) is 5.52 Å². The number of carbonyl (C=O) groups is 1. The molecule has 7 heteroatoms. The van der Waals surface area contributed by atoms with Crippen LogP contribution >= 0.6 is 11.8 Å². The zero-order chi connectivity index (χ0) is 22.8. The molecule has 33 heavy (non-hydrogen) atoms. The van der Waals surface area contributed by atoms with Crippen LogP contribution in [0.4, 0.5) is 5.82 Å². The molecule has 1 fully saturated rings. The minimum absolute atomic E-state index is 0.123. The molecule has 5 rings (SSSR count). The van der Waals surface area contributed by atoms with E-state index < -0.39 is 0 Å². The fraction of sp³-hybridized carbons (Fsp3) is 0.385. The molecule has 2 aromatic carbocycles. The van der Waals surface area contributed by atoms with Gasteiger partial charge in [0, 0.05) is 48.4 Å². The summed E-state index contributed by atoms with van der Waals surface area (Å²) in [5.74, 6) is 2.63. The number of rotatable bonds is 7. The Kier molecular flexibility index (Phi) is 6.31. The lowest BCUT2D eigenvalue weighted by molar-refractivity contribution is -0.132. The second-order valence-corrected chi connectivity index (χ2v) is 9.39. The number of thioether (sulfide) groups is 1. The molecule has 1 aromatic heterocycles. The van der Waals surface area contributed by atoms with Gasteiger partial charge in [-0.2, -0.15) is 0 Å². The van der Waals surface area contributed by atoms with Crippen molar-refractivity contribution >= 4 is 34.4 Å². The summed E-state index contributed by atoms with van der Waals surface area (Å²) in [4.78, 5) is 23.6. The normalized spacial score (nSPS) is 14.8. The van der Waals surface area contributed by atoms with Crippen LogP contribution in [0.1, 0.15) is 37.3 Å². The number of fused-ring (bicyclic) bond motifs is 2. The summed E-state index contributed by atoms with van der Waals surface area (Å²) in [6.45, 7) is 5.23. The highest BCUT2D eigenvalue weighted by Gasteiger charge is 2.22. The van der Waals surface area contributed by atoms with Crippen molar-refractivity contribution < 1.29 is 14.3 Å². The first kappa shape index (κ1) is 21.9. The summed E-state index contributed by atoms with van der Waals surface area (Å²) in [6.07, 6.45) is 4.90. The molecule has 6 nitrogen and oxygen atoms in total. The Morgan fingerprint density at radius 2 is 1.88 bits per heavy atom. The Bertz CT molecular complexity index is 1180. The SMILES string of the molecule is CCC(=O)N(Cc1ccc2c(c1)OCO2)Cc1cc2ccc(SC)cc2nc1N1CCCC1. The second kappa shape index (κ2) is 9.51. The number of hydrogen-bond acceptors (Lipinski definition) is 6. The number of hydrogen-bond donors (Lipinski definition) is 0. The Labute approximate surface area is 198 Å². The van der Waals surface area contributed by atoms with Crippen molar-refractivity contribution in [3.05, 3.63) is 53.6 Å². The van der Waals surface area contributed by atoms with Gasteiger partial charge >= 0.3 is 0 Å². The lowest BCUT2D eigenvalue weighted by Gasteiger charge is -2.27. The zero-order valence-electron chi connectivity index (χ0n) is 19.2. The van der Waals surface area contributed by atoms with Gasteiger partial charge in [-0.1, -0.05) is 19.1 Å². The van der Waals surface area contributed by atoms with Gasteiger partial charge in [0.1, 0.15) is 5.82 Å². The summed E-state index contributed by atoms with van der Waals surface area (Å²) in [5.41, 5.74) is 3.14. The number of pyridine rings is 1. The van der Waals surface area contributed by atoms with E-state index in [1.54, 1.807) is 11.8 Å². The van der Waals surface area contributed by atoms with Crippen LogP contribution in [0.5, 0.6) is 11.5 Å². The first-order valence-corrected chi connectivity index (χ1v) is 12.8. The highest BCUT2D eigenvalue weighted by atomic mass is 32.2. The molecule has 0 atom stereocenters. The van der Waals surface area contributed by atoms with Crippen LogP contribution in [0.2, 0.25) is 0 Å². The molecule has 0 saturated carbocycles. The lowest BCUT2D eigenvalue weighted by atomic mass is 10.1. The number of anilines is 1. The molecule has 0 unspecified atom stereocenters. The fourth-order valence-corrected chi connectivity index (χ4v) is 4.98. The van der Waals surface area contributed by atoms with Crippen LogP contribution < -0.4 is 14.4 Å². The summed E-state index contributed by atoms with van der Waals surface area (Å²) in [6, 6.07) is 14.5. The van der Waals surface area contributed by atoms with Crippen LogP contribution in [0.15, 0.2) is 47.4 Å². The highest BCUT2D eigenvalue weighted by molar-refractivity contribution is 7.98. The summed E-state index contributed by atoms with van der Waals surface area (Å²) in [7, 11) is 0. The molecule has 2 aliphatic heterocycles. The minimum Gasteiger partial charge on any atom is -0.454 e. The Morgan fingerprint density at radius 1 is 1.06 bits per heavy atom. The predicted molar refractivity (Wildman–Crippen MR) is 132 cm³/mol. The lowest BCUT2D eigenvalue weighted by Crippen LogP contribution is -2.31. The number of ether oxygens (including phenoxy) is 2. The van der Waals surface area contributed by atoms with E-state index in [-0.39, 0.29) is 12.7 Å². The maximum absolute atomic E-state index is 13.0. The van der Waals surface area contributed by atoms with E-state index in [1.165, 1.54) is 17.7 Å². The largest absolute Gasteiger partial charge is 0.454 e. The first-order valence-electron chi connectivity index (χ1n) is 11.5. The molecule has 2 aliphatic rings. The number of aromatic nitrogens is 1.